The van der Waals surface area contributed by atoms with Crippen LogP contribution in [0, 0.1) is 0 Å². The van der Waals surface area contributed by atoms with Crippen molar-refractivity contribution in [3.63, 3.8) is 0 Å². The van der Waals surface area contributed by atoms with Crippen LogP contribution in [0.1, 0.15) is 24.2 Å². The Morgan fingerprint density at radius 2 is 2.31 bits per heavy atom. The molecule has 0 spiro atoms. The second kappa shape index (κ2) is 4.20. The first-order valence-electron chi connectivity index (χ1n) is 3.92. The first-order valence-corrected chi connectivity index (χ1v) is 3.92. The van der Waals surface area contributed by atoms with Gasteiger partial charge in [-0.2, -0.15) is 0 Å². The Balaban J connectivity index is 2.97. The number of aromatic hydroxyl groups is 1. The van der Waals surface area contributed by atoms with E-state index in [4.69, 9.17) is 5.90 Å². The lowest BCUT2D eigenvalue weighted by Gasteiger charge is -2.07. The van der Waals surface area contributed by atoms with Gasteiger partial charge in [-0.1, -0.05) is 6.07 Å². The zero-order valence-corrected chi connectivity index (χ0v) is 7.33. The fraction of sp³-hybridized carbons (Fsp3) is 0.333. The van der Waals surface area contributed by atoms with Crippen molar-refractivity contribution in [2.75, 3.05) is 0 Å². The number of rotatable bonds is 3. The molecule has 0 fully saturated rings. The molecule has 1 rings (SSSR count). The molecule has 0 aliphatic heterocycles. The topological polar surface area (TPSA) is 55.5 Å². The lowest BCUT2D eigenvalue weighted by Crippen LogP contribution is -1.99. The molecule has 1 unspecified atom stereocenters. The van der Waals surface area contributed by atoms with Crippen molar-refractivity contribution in [1.82, 2.24) is 0 Å². The third kappa shape index (κ3) is 2.40. The zero-order valence-electron chi connectivity index (χ0n) is 7.33. The summed E-state index contributed by atoms with van der Waals surface area (Å²) in [6.07, 6.45) is -1.20. The molecular weight excluding hydrogens is 173 g/mol. The summed E-state index contributed by atoms with van der Waals surface area (Å²) in [5.41, 5.74) is 0.995. The first-order chi connectivity index (χ1) is 6.15. The van der Waals surface area contributed by atoms with Crippen molar-refractivity contribution < 1.29 is 14.3 Å². The van der Waals surface area contributed by atoms with Gasteiger partial charge in [0, 0.05) is 5.56 Å². The Bertz CT molecular complexity index is 289. The normalized spacial score (nSPS) is 12.8. The quantitative estimate of drug-likeness (QED) is 0.706. The Hall–Kier alpha value is -1.13. The molecular formula is C9H12FNO2. The molecule has 0 radical (unpaired) electrons. The van der Waals surface area contributed by atoms with Crippen LogP contribution in [0.25, 0.3) is 0 Å². The first kappa shape index (κ1) is 9.95. The van der Waals surface area contributed by atoms with E-state index < -0.39 is 6.17 Å². The average Bonchev–Trinajstić information content (AvgIpc) is 2.08. The Morgan fingerprint density at radius 1 is 1.62 bits per heavy atom. The molecule has 1 aromatic carbocycles. The lowest BCUT2D eigenvalue weighted by molar-refractivity contribution is 0.124. The van der Waals surface area contributed by atoms with Crippen molar-refractivity contribution in [3.8, 4) is 5.75 Å². The second-order valence-electron chi connectivity index (χ2n) is 2.82. The minimum atomic E-state index is -1.20. The summed E-state index contributed by atoms with van der Waals surface area (Å²) >= 11 is 0. The molecule has 3 nitrogen and oxygen atoms in total. The van der Waals surface area contributed by atoms with Crippen molar-refractivity contribution in [1.29, 1.82) is 0 Å². The second-order valence-corrected chi connectivity index (χ2v) is 2.82. The van der Waals surface area contributed by atoms with Crippen LogP contribution in [0.3, 0.4) is 0 Å². The van der Waals surface area contributed by atoms with Crippen LogP contribution >= 0.6 is 0 Å². The number of alkyl halides is 1. The van der Waals surface area contributed by atoms with E-state index in [0.29, 0.717) is 0 Å². The predicted octanol–water partition coefficient (Wildman–Crippen LogP) is 1.81. The molecule has 3 N–H and O–H groups in total. The maximum absolute atomic E-state index is 12.9. The molecule has 1 atom stereocenters. The number of phenolic OH excluding ortho intramolecular Hbond substituents is 1. The van der Waals surface area contributed by atoms with Gasteiger partial charge in [0.05, 0.1) is 6.61 Å². The standard InChI is InChI=1S/C9H12FNO2/c1-6(10)8-4-7(5-13-11)2-3-9(8)12/h2-4,6,12H,5,11H2,1H3. The predicted molar refractivity (Wildman–Crippen MR) is 46.6 cm³/mol. The number of hydrogen-bond acceptors (Lipinski definition) is 3. The van der Waals surface area contributed by atoms with Crippen molar-refractivity contribution in [2.24, 2.45) is 5.90 Å². The molecule has 0 aromatic heterocycles. The monoisotopic (exact) mass is 185 g/mol. The Morgan fingerprint density at radius 3 is 2.85 bits per heavy atom. The molecule has 4 heteroatoms. The highest BCUT2D eigenvalue weighted by Gasteiger charge is 2.09. The van der Waals surface area contributed by atoms with Gasteiger partial charge >= 0.3 is 0 Å². The van der Waals surface area contributed by atoms with E-state index in [-0.39, 0.29) is 17.9 Å². The number of hydrogen-bond donors (Lipinski definition) is 2. The number of halogens is 1. The van der Waals surface area contributed by atoms with Crippen LogP contribution in [0.5, 0.6) is 5.75 Å². The van der Waals surface area contributed by atoms with E-state index in [1.165, 1.54) is 19.1 Å². The smallest absolute Gasteiger partial charge is 0.126 e. The highest BCUT2D eigenvalue weighted by atomic mass is 19.1. The van der Waals surface area contributed by atoms with E-state index in [2.05, 4.69) is 4.84 Å². The molecule has 72 valence electrons. The maximum atomic E-state index is 12.9. The maximum Gasteiger partial charge on any atom is 0.126 e. The van der Waals surface area contributed by atoms with Gasteiger partial charge in [-0.15, -0.1) is 0 Å². The summed E-state index contributed by atoms with van der Waals surface area (Å²) in [6, 6.07) is 4.60. The largest absolute Gasteiger partial charge is 0.508 e. The Labute approximate surface area is 75.9 Å². The summed E-state index contributed by atoms with van der Waals surface area (Å²) in [5.74, 6) is 4.82. The van der Waals surface area contributed by atoms with Crippen LogP contribution in [-0.2, 0) is 11.4 Å². The van der Waals surface area contributed by atoms with Gasteiger partial charge in [-0.3, -0.25) is 4.84 Å². The minimum Gasteiger partial charge on any atom is -0.508 e. The molecule has 0 aliphatic rings. The van der Waals surface area contributed by atoms with E-state index >= 15 is 0 Å². The molecule has 0 saturated carbocycles. The van der Waals surface area contributed by atoms with Crippen LogP contribution in [0.4, 0.5) is 4.39 Å². The van der Waals surface area contributed by atoms with E-state index in [9.17, 15) is 9.50 Å². The van der Waals surface area contributed by atoms with E-state index in [1.54, 1.807) is 6.07 Å². The van der Waals surface area contributed by atoms with Crippen molar-refractivity contribution >= 4 is 0 Å². The summed E-state index contributed by atoms with van der Waals surface area (Å²) in [6.45, 7) is 1.57. The molecule has 0 amide bonds. The molecule has 0 heterocycles. The highest BCUT2D eigenvalue weighted by Crippen LogP contribution is 2.27. The third-order valence-electron chi connectivity index (χ3n) is 1.77. The van der Waals surface area contributed by atoms with Gasteiger partial charge < -0.3 is 5.11 Å². The molecule has 0 bridgehead atoms. The fourth-order valence-corrected chi connectivity index (χ4v) is 1.11. The fourth-order valence-electron chi connectivity index (χ4n) is 1.11. The van der Waals surface area contributed by atoms with Gasteiger partial charge in [-0.05, 0) is 24.6 Å². The SMILES string of the molecule is CC(F)c1cc(CON)ccc1O. The van der Waals surface area contributed by atoms with Gasteiger partial charge in [0.25, 0.3) is 0 Å². The zero-order chi connectivity index (χ0) is 9.84. The van der Waals surface area contributed by atoms with Crippen LogP contribution in [-0.4, -0.2) is 5.11 Å². The van der Waals surface area contributed by atoms with Gasteiger partial charge in [0.15, 0.2) is 0 Å². The van der Waals surface area contributed by atoms with E-state index in [0.717, 1.165) is 5.56 Å². The number of benzene rings is 1. The molecule has 13 heavy (non-hydrogen) atoms. The van der Waals surface area contributed by atoms with Gasteiger partial charge in [0.1, 0.15) is 11.9 Å². The summed E-state index contributed by atoms with van der Waals surface area (Å²) in [5, 5.41) is 9.26. The minimum absolute atomic E-state index is 0.0456. The highest BCUT2D eigenvalue weighted by molar-refractivity contribution is 5.37. The third-order valence-corrected chi connectivity index (χ3v) is 1.77. The summed E-state index contributed by atoms with van der Waals surface area (Å²) in [7, 11) is 0. The summed E-state index contributed by atoms with van der Waals surface area (Å²) in [4.78, 5) is 4.40. The number of phenols is 1. The van der Waals surface area contributed by atoms with Crippen LogP contribution < -0.4 is 5.90 Å². The summed E-state index contributed by atoms with van der Waals surface area (Å²) < 4.78 is 12.9. The van der Waals surface area contributed by atoms with Crippen LogP contribution in [0.15, 0.2) is 18.2 Å². The Kier molecular flexibility index (Phi) is 3.22. The molecule has 0 saturated heterocycles. The molecule has 0 aliphatic carbocycles. The van der Waals surface area contributed by atoms with E-state index in [1.807, 2.05) is 0 Å². The lowest BCUT2D eigenvalue weighted by atomic mass is 10.1. The average molecular weight is 185 g/mol. The van der Waals surface area contributed by atoms with Crippen molar-refractivity contribution in [2.45, 2.75) is 19.7 Å². The van der Waals surface area contributed by atoms with Gasteiger partial charge in [-0.25, -0.2) is 10.3 Å². The van der Waals surface area contributed by atoms with Crippen LogP contribution in [0.2, 0.25) is 0 Å². The number of nitrogens with two attached hydrogens (primary N) is 1. The molecule has 1 aromatic rings. The van der Waals surface area contributed by atoms with Gasteiger partial charge in [0.2, 0.25) is 0 Å². The van der Waals surface area contributed by atoms with Crippen molar-refractivity contribution in [3.05, 3.63) is 29.3 Å².